The average Bonchev–Trinajstić information content (AvgIpc) is 2.83. The van der Waals surface area contributed by atoms with E-state index >= 15 is 0 Å². The summed E-state index contributed by atoms with van der Waals surface area (Å²) in [7, 11) is 0. The zero-order chi connectivity index (χ0) is 11.4. The minimum absolute atomic E-state index is 0.291. The van der Waals surface area contributed by atoms with Gasteiger partial charge in [0.05, 0.1) is 12.8 Å². The molecule has 0 aliphatic carbocycles. The highest BCUT2D eigenvalue weighted by Gasteiger charge is 2.11. The molecule has 88 valence electrons. The maximum Gasteiger partial charge on any atom is 0.119 e. The third-order valence-corrected chi connectivity index (χ3v) is 2.98. The summed E-state index contributed by atoms with van der Waals surface area (Å²) in [5, 5.41) is 3.32. The zero-order valence-electron chi connectivity index (χ0n) is 10.1. The third kappa shape index (κ3) is 2.67. The van der Waals surface area contributed by atoms with E-state index in [0.717, 1.165) is 31.9 Å². The third-order valence-electron chi connectivity index (χ3n) is 2.98. The molecule has 1 aromatic carbocycles. The van der Waals surface area contributed by atoms with Crippen molar-refractivity contribution in [2.75, 3.05) is 24.7 Å². The fourth-order valence-corrected chi connectivity index (χ4v) is 1.78. The largest absolute Gasteiger partial charge is 0.491 e. The molecule has 0 spiro atoms. The molecule has 0 radical (unpaired) electrons. The molecule has 2 rings (SSSR count). The summed E-state index contributed by atoms with van der Waals surface area (Å²) >= 11 is 0. The second kappa shape index (κ2) is 5.21. The van der Waals surface area contributed by atoms with Crippen molar-refractivity contribution in [1.29, 1.82) is 0 Å². The van der Waals surface area contributed by atoms with Gasteiger partial charge in [0.15, 0.2) is 0 Å². The predicted octanol–water partition coefficient (Wildman–Crippen LogP) is 2.23. The van der Waals surface area contributed by atoms with Crippen LogP contribution in [0.25, 0.3) is 0 Å². The molecule has 0 amide bonds. The number of benzene rings is 1. The second-order valence-corrected chi connectivity index (χ2v) is 4.25. The number of nitrogens with zero attached hydrogens (tertiary/aromatic N) is 1. The molecule has 1 saturated heterocycles. The topological polar surface area (TPSA) is 24.5 Å². The average molecular weight is 220 g/mol. The van der Waals surface area contributed by atoms with Crippen molar-refractivity contribution in [2.24, 2.45) is 0 Å². The highest BCUT2D eigenvalue weighted by molar-refractivity contribution is 5.49. The van der Waals surface area contributed by atoms with Gasteiger partial charge in [-0.05, 0) is 37.6 Å². The molecule has 0 saturated carbocycles. The fourth-order valence-electron chi connectivity index (χ4n) is 1.78. The molecule has 1 heterocycles. The number of nitrogens with one attached hydrogen (secondary N) is 1. The Morgan fingerprint density at radius 1 is 1.38 bits per heavy atom. The monoisotopic (exact) mass is 220 g/mol. The highest BCUT2D eigenvalue weighted by atomic mass is 16.5. The lowest BCUT2D eigenvalue weighted by atomic mass is 10.2. The zero-order valence-corrected chi connectivity index (χ0v) is 10.1. The maximum atomic E-state index is 5.75. The number of rotatable bonds is 4. The van der Waals surface area contributed by atoms with E-state index in [-0.39, 0.29) is 0 Å². The normalized spacial score (nSPS) is 17.5. The van der Waals surface area contributed by atoms with E-state index in [1.807, 2.05) is 0 Å². The van der Waals surface area contributed by atoms with Crippen LogP contribution in [-0.4, -0.2) is 25.9 Å². The molecule has 3 heteroatoms. The Hall–Kier alpha value is -1.22. The summed E-state index contributed by atoms with van der Waals surface area (Å²) in [5.74, 6) is 0.963. The fraction of sp³-hybridized carbons (Fsp3) is 0.538. The Balaban J connectivity index is 1.98. The number of anilines is 1. The summed E-state index contributed by atoms with van der Waals surface area (Å²) in [6.45, 7) is 7.34. The summed E-state index contributed by atoms with van der Waals surface area (Å²) in [6.07, 6.45) is 1.33. The second-order valence-electron chi connectivity index (χ2n) is 4.25. The Labute approximate surface area is 97.4 Å². The molecule has 0 bridgehead atoms. The van der Waals surface area contributed by atoms with Gasteiger partial charge in [0.2, 0.25) is 0 Å². The first kappa shape index (κ1) is 11.3. The van der Waals surface area contributed by atoms with Crippen LogP contribution in [0.5, 0.6) is 5.75 Å². The standard InChI is InChI=1S/C13H20N2O/c1-3-11(2)16-13-6-4-12(5-7-13)15-9-8-14-10-15/h4-7,11,14H,3,8-10H2,1-2H3. The lowest BCUT2D eigenvalue weighted by Gasteiger charge is -2.18. The molecule has 1 unspecified atom stereocenters. The Kier molecular flexibility index (Phi) is 3.67. The smallest absolute Gasteiger partial charge is 0.119 e. The van der Waals surface area contributed by atoms with Crippen LogP contribution in [0.1, 0.15) is 20.3 Å². The molecular formula is C13H20N2O. The Morgan fingerprint density at radius 2 is 2.12 bits per heavy atom. The van der Waals surface area contributed by atoms with E-state index in [0.29, 0.717) is 6.10 Å². The van der Waals surface area contributed by atoms with E-state index in [1.165, 1.54) is 5.69 Å². The first-order valence-corrected chi connectivity index (χ1v) is 6.02. The lowest BCUT2D eigenvalue weighted by Crippen LogP contribution is -2.20. The van der Waals surface area contributed by atoms with Gasteiger partial charge in [-0.2, -0.15) is 0 Å². The quantitative estimate of drug-likeness (QED) is 0.842. The van der Waals surface area contributed by atoms with E-state index in [4.69, 9.17) is 4.74 Å². The van der Waals surface area contributed by atoms with Crippen molar-refractivity contribution in [3.63, 3.8) is 0 Å². The molecule has 0 aromatic heterocycles. The van der Waals surface area contributed by atoms with Crippen molar-refractivity contribution < 1.29 is 4.74 Å². The van der Waals surface area contributed by atoms with Crippen molar-refractivity contribution in [3.8, 4) is 5.75 Å². The summed E-state index contributed by atoms with van der Waals surface area (Å²) in [5.41, 5.74) is 1.27. The highest BCUT2D eigenvalue weighted by Crippen LogP contribution is 2.21. The minimum atomic E-state index is 0.291. The van der Waals surface area contributed by atoms with E-state index in [2.05, 4.69) is 48.3 Å². The molecular weight excluding hydrogens is 200 g/mol. The predicted molar refractivity (Wildman–Crippen MR) is 67.0 cm³/mol. The van der Waals surface area contributed by atoms with Gasteiger partial charge in [0, 0.05) is 18.8 Å². The van der Waals surface area contributed by atoms with Gasteiger partial charge in [-0.1, -0.05) is 6.92 Å². The van der Waals surface area contributed by atoms with Gasteiger partial charge in [0.25, 0.3) is 0 Å². The first-order chi connectivity index (χ1) is 7.79. The van der Waals surface area contributed by atoms with E-state index in [9.17, 15) is 0 Å². The van der Waals surface area contributed by atoms with Crippen molar-refractivity contribution in [1.82, 2.24) is 5.32 Å². The van der Waals surface area contributed by atoms with Crippen molar-refractivity contribution in [2.45, 2.75) is 26.4 Å². The summed E-state index contributed by atoms with van der Waals surface area (Å²) in [4.78, 5) is 2.33. The van der Waals surface area contributed by atoms with Crippen LogP contribution in [0.4, 0.5) is 5.69 Å². The van der Waals surface area contributed by atoms with Gasteiger partial charge in [0.1, 0.15) is 5.75 Å². The van der Waals surface area contributed by atoms with Crippen LogP contribution in [0.3, 0.4) is 0 Å². The molecule has 1 fully saturated rings. The SMILES string of the molecule is CCC(C)Oc1ccc(N2CCNC2)cc1. The molecule has 1 N–H and O–H groups in total. The number of hydrogen-bond donors (Lipinski definition) is 1. The maximum absolute atomic E-state index is 5.75. The van der Waals surface area contributed by atoms with Crippen molar-refractivity contribution >= 4 is 5.69 Å². The van der Waals surface area contributed by atoms with Gasteiger partial charge in [-0.15, -0.1) is 0 Å². The molecule has 3 nitrogen and oxygen atoms in total. The minimum Gasteiger partial charge on any atom is -0.491 e. The molecule has 1 aliphatic rings. The van der Waals surface area contributed by atoms with Gasteiger partial charge >= 0.3 is 0 Å². The van der Waals surface area contributed by atoms with Gasteiger partial charge in [-0.25, -0.2) is 0 Å². The lowest BCUT2D eigenvalue weighted by molar-refractivity contribution is 0.217. The van der Waals surface area contributed by atoms with Crippen LogP contribution in [0.15, 0.2) is 24.3 Å². The van der Waals surface area contributed by atoms with Crippen LogP contribution in [0.2, 0.25) is 0 Å². The summed E-state index contributed by atoms with van der Waals surface area (Å²) < 4.78 is 5.75. The molecule has 1 atom stereocenters. The Morgan fingerprint density at radius 3 is 2.69 bits per heavy atom. The van der Waals surface area contributed by atoms with Crippen LogP contribution >= 0.6 is 0 Å². The Bertz CT molecular complexity index is 317. The van der Waals surface area contributed by atoms with Crippen molar-refractivity contribution in [3.05, 3.63) is 24.3 Å². The van der Waals surface area contributed by atoms with Crippen LogP contribution in [-0.2, 0) is 0 Å². The molecule has 16 heavy (non-hydrogen) atoms. The van der Waals surface area contributed by atoms with E-state index in [1.54, 1.807) is 0 Å². The summed E-state index contributed by atoms with van der Waals surface area (Å²) in [6, 6.07) is 8.37. The number of hydrogen-bond acceptors (Lipinski definition) is 3. The molecule has 1 aromatic rings. The molecule has 1 aliphatic heterocycles. The van der Waals surface area contributed by atoms with Crippen LogP contribution in [0, 0.1) is 0 Å². The van der Waals surface area contributed by atoms with E-state index < -0.39 is 0 Å². The first-order valence-electron chi connectivity index (χ1n) is 6.02. The van der Waals surface area contributed by atoms with Gasteiger partial charge in [-0.3, -0.25) is 5.32 Å². The van der Waals surface area contributed by atoms with Crippen LogP contribution < -0.4 is 15.0 Å². The van der Waals surface area contributed by atoms with Gasteiger partial charge < -0.3 is 9.64 Å². The number of ether oxygens (including phenoxy) is 1.